The van der Waals surface area contributed by atoms with Crippen LogP contribution in [0.5, 0.6) is 0 Å². The number of nitro benzene ring substituents is 1. The number of nitro groups is 1. The molecule has 164 valence electrons. The van der Waals surface area contributed by atoms with Gasteiger partial charge in [-0.15, -0.1) is 0 Å². The topological polar surface area (TPSA) is 96.1 Å². The number of anilines is 2. The maximum atomic E-state index is 13.6. The number of hydrazone groups is 1. The van der Waals surface area contributed by atoms with Gasteiger partial charge < -0.3 is 0 Å². The van der Waals surface area contributed by atoms with Gasteiger partial charge in [-0.1, -0.05) is 41.4 Å². The molecule has 33 heavy (non-hydrogen) atoms. The second kappa shape index (κ2) is 7.99. The van der Waals surface area contributed by atoms with Crippen LogP contribution in [-0.2, 0) is 9.59 Å². The summed E-state index contributed by atoms with van der Waals surface area (Å²) in [4.78, 5) is 38.7. The number of hydrogen-bond donors (Lipinski definition) is 0. The zero-order valence-corrected chi connectivity index (χ0v) is 18.3. The van der Waals surface area contributed by atoms with Crippen molar-refractivity contribution in [3.63, 3.8) is 0 Å². The molecule has 0 saturated carbocycles. The monoisotopic (exact) mass is 480 g/mol. The Labute approximate surface area is 197 Å². The summed E-state index contributed by atoms with van der Waals surface area (Å²) >= 11 is 12.3. The first kappa shape index (κ1) is 21.1. The molecule has 1 saturated heterocycles. The Kier molecular flexibility index (Phi) is 5.11. The molecule has 2 aliphatic rings. The Morgan fingerprint density at radius 3 is 2.24 bits per heavy atom. The van der Waals surface area contributed by atoms with Gasteiger partial charge in [-0.25, -0.2) is 4.90 Å². The van der Waals surface area contributed by atoms with Crippen molar-refractivity contribution in [2.75, 3.05) is 9.91 Å². The Hall–Kier alpha value is -3.75. The van der Waals surface area contributed by atoms with Crippen LogP contribution in [-0.4, -0.2) is 28.5 Å². The van der Waals surface area contributed by atoms with Crippen molar-refractivity contribution >= 4 is 57.8 Å². The van der Waals surface area contributed by atoms with E-state index in [1.165, 1.54) is 41.4 Å². The largest absolute Gasteiger partial charge is 0.273 e. The molecule has 2 unspecified atom stereocenters. The number of para-hydroxylation sites is 1. The van der Waals surface area contributed by atoms with Crippen molar-refractivity contribution < 1.29 is 14.5 Å². The van der Waals surface area contributed by atoms with Gasteiger partial charge in [0.15, 0.2) is 0 Å². The third-order valence-corrected chi connectivity index (χ3v) is 6.13. The third-order valence-electron chi connectivity index (χ3n) is 5.59. The van der Waals surface area contributed by atoms with E-state index in [1.807, 2.05) is 6.07 Å². The van der Waals surface area contributed by atoms with Crippen molar-refractivity contribution in [2.24, 2.45) is 11.0 Å². The maximum absolute atomic E-state index is 13.6. The van der Waals surface area contributed by atoms with E-state index >= 15 is 0 Å². The van der Waals surface area contributed by atoms with Crippen molar-refractivity contribution in [3.8, 4) is 0 Å². The summed E-state index contributed by atoms with van der Waals surface area (Å²) in [5, 5.41) is 17.7. The number of halogens is 2. The zero-order valence-electron chi connectivity index (χ0n) is 16.8. The SMILES string of the molecule is O=C1C2C(c3ccc([N+](=O)[O-])cc3)=NN(c3ccccc3)C2C(=O)N1c1ccc(Cl)cc1Cl. The molecule has 0 bridgehead atoms. The lowest BCUT2D eigenvalue weighted by atomic mass is 9.92. The van der Waals surface area contributed by atoms with Crippen LogP contribution in [0.4, 0.5) is 17.1 Å². The van der Waals surface area contributed by atoms with Crippen LogP contribution in [0.3, 0.4) is 0 Å². The first-order valence-corrected chi connectivity index (χ1v) is 10.6. The Balaban J connectivity index is 1.62. The van der Waals surface area contributed by atoms with Crippen molar-refractivity contribution in [2.45, 2.75) is 6.04 Å². The summed E-state index contributed by atoms with van der Waals surface area (Å²) in [6.45, 7) is 0. The van der Waals surface area contributed by atoms with Crippen molar-refractivity contribution in [1.82, 2.24) is 0 Å². The highest BCUT2D eigenvalue weighted by molar-refractivity contribution is 6.40. The quantitative estimate of drug-likeness (QED) is 0.306. The van der Waals surface area contributed by atoms with Gasteiger partial charge in [0, 0.05) is 17.2 Å². The number of nitrogens with zero attached hydrogens (tertiary/aromatic N) is 4. The van der Waals surface area contributed by atoms with E-state index in [0.717, 1.165) is 4.90 Å². The summed E-state index contributed by atoms with van der Waals surface area (Å²) in [6.07, 6.45) is 0. The number of carbonyl (C=O) groups excluding carboxylic acids is 2. The van der Waals surface area contributed by atoms with Crippen molar-refractivity contribution in [3.05, 3.63) is 98.5 Å². The summed E-state index contributed by atoms with van der Waals surface area (Å²) in [7, 11) is 0. The fourth-order valence-corrected chi connectivity index (χ4v) is 4.59. The van der Waals surface area contributed by atoms with Crippen LogP contribution in [0.1, 0.15) is 5.56 Å². The fourth-order valence-electron chi connectivity index (χ4n) is 4.10. The molecule has 3 aromatic rings. The molecule has 0 spiro atoms. The molecule has 0 N–H and O–H groups in total. The standard InChI is InChI=1S/C23H14Cl2N4O4/c24-14-8-11-18(17(25)12-14)27-22(30)19-20(13-6-9-16(10-7-13)29(32)33)26-28(21(19)23(27)31)15-4-2-1-3-5-15/h1-12,19,21H. The van der Waals surface area contributed by atoms with Gasteiger partial charge in [-0.2, -0.15) is 5.10 Å². The van der Waals surface area contributed by atoms with E-state index in [0.29, 0.717) is 22.0 Å². The number of benzene rings is 3. The minimum atomic E-state index is -0.920. The second-order valence-corrected chi connectivity index (χ2v) is 8.34. The predicted octanol–water partition coefficient (Wildman–Crippen LogP) is 4.68. The number of fused-ring (bicyclic) bond motifs is 1. The number of hydrogen-bond acceptors (Lipinski definition) is 6. The van der Waals surface area contributed by atoms with Gasteiger partial charge >= 0.3 is 0 Å². The van der Waals surface area contributed by atoms with Gasteiger partial charge in [0.1, 0.15) is 12.0 Å². The number of non-ortho nitro benzene ring substituents is 1. The highest BCUT2D eigenvalue weighted by Gasteiger charge is 2.57. The molecule has 2 amide bonds. The molecule has 2 atom stereocenters. The summed E-state index contributed by atoms with van der Waals surface area (Å²) in [5.41, 5.74) is 1.65. The normalized spacial score (nSPS) is 19.6. The highest BCUT2D eigenvalue weighted by Crippen LogP contribution is 2.41. The minimum absolute atomic E-state index is 0.0859. The van der Waals surface area contributed by atoms with Crippen LogP contribution in [0, 0.1) is 16.0 Å². The number of rotatable bonds is 4. The molecule has 2 heterocycles. The Morgan fingerprint density at radius 1 is 0.909 bits per heavy atom. The van der Waals surface area contributed by atoms with Gasteiger partial charge in [-0.05, 0) is 48.0 Å². The summed E-state index contributed by atoms with van der Waals surface area (Å²) in [6, 6.07) is 18.4. The lowest BCUT2D eigenvalue weighted by Gasteiger charge is -2.22. The Bertz CT molecular complexity index is 1330. The van der Waals surface area contributed by atoms with Gasteiger partial charge in [0.25, 0.3) is 11.6 Å². The van der Waals surface area contributed by atoms with E-state index in [1.54, 1.807) is 30.3 Å². The fraction of sp³-hybridized carbons (Fsp3) is 0.0870. The van der Waals surface area contributed by atoms with Crippen LogP contribution < -0.4 is 9.91 Å². The van der Waals surface area contributed by atoms with E-state index in [9.17, 15) is 19.7 Å². The molecule has 3 aromatic carbocycles. The van der Waals surface area contributed by atoms with E-state index < -0.39 is 28.7 Å². The van der Waals surface area contributed by atoms with Gasteiger partial charge in [-0.3, -0.25) is 24.7 Å². The molecule has 2 aliphatic heterocycles. The van der Waals surface area contributed by atoms with E-state index in [2.05, 4.69) is 5.10 Å². The average molecular weight is 481 g/mol. The highest BCUT2D eigenvalue weighted by atomic mass is 35.5. The zero-order chi connectivity index (χ0) is 23.3. The number of imide groups is 1. The first-order chi connectivity index (χ1) is 15.9. The van der Waals surface area contributed by atoms with Gasteiger partial charge in [0.05, 0.1) is 27.0 Å². The molecule has 5 rings (SSSR count). The summed E-state index contributed by atoms with van der Waals surface area (Å²) in [5.74, 6) is -1.87. The van der Waals surface area contributed by atoms with E-state index in [-0.39, 0.29) is 16.4 Å². The molecule has 0 aromatic heterocycles. The molecule has 0 radical (unpaired) electrons. The molecule has 0 aliphatic carbocycles. The number of amides is 2. The average Bonchev–Trinajstić information content (AvgIpc) is 3.32. The number of carbonyl (C=O) groups is 2. The molecule has 8 nitrogen and oxygen atoms in total. The smallest absolute Gasteiger partial charge is 0.269 e. The van der Waals surface area contributed by atoms with Crippen molar-refractivity contribution in [1.29, 1.82) is 0 Å². The lowest BCUT2D eigenvalue weighted by molar-refractivity contribution is -0.384. The lowest BCUT2D eigenvalue weighted by Crippen LogP contribution is -2.39. The molecular weight excluding hydrogens is 467 g/mol. The third kappa shape index (κ3) is 3.44. The maximum Gasteiger partial charge on any atom is 0.269 e. The molecular formula is C23H14Cl2N4O4. The van der Waals surface area contributed by atoms with E-state index in [4.69, 9.17) is 23.2 Å². The minimum Gasteiger partial charge on any atom is -0.273 e. The summed E-state index contributed by atoms with van der Waals surface area (Å²) < 4.78 is 0. The predicted molar refractivity (Wildman–Crippen MR) is 125 cm³/mol. The van der Waals surface area contributed by atoms with Gasteiger partial charge in [0.2, 0.25) is 5.91 Å². The molecule has 1 fully saturated rings. The Morgan fingerprint density at radius 2 is 1.61 bits per heavy atom. The first-order valence-electron chi connectivity index (χ1n) is 9.87. The second-order valence-electron chi connectivity index (χ2n) is 7.50. The van der Waals surface area contributed by atoms with Crippen LogP contribution in [0.2, 0.25) is 10.0 Å². The van der Waals surface area contributed by atoms with Crippen LogP contribution in [0.15, 0.2) is 77.9 Å². The molecule has 10 heteroatoms. The van der Waals surface area contributed by atoms with Crippen LogP contribution >= 0.6 is 23.2 Å². The van der Waals surface area contributed by atoms with Crippen LogP contribution in [0.25, 0.3) is 0 Å².